The number of nitrogens with one attached hydrogen (secondary N) is 1. The first kappa shape index (κ1) is 13.0. The van der Waals surface area contributed by atoms with Gasteiger partial charge in [-0.15, -0.1) is 0 Å². The van der Waals surface area contributed by atoms with Gasteiger partial charge in [0, 0.05) is 10.1 Å². The number of thioether (sulfide) groups is 1. The number of hydrazine groups is 1. The fourth-order valence-electron chi connectivity index (χ4n) is 2.78. The number of benzene rings is 1. The summed E-state index contributed by atoms with van der Waals surface area (Å²) in [5, 5.41) is 0.779. The highest BCUT2D eigenvalue weighted by Gasteiger charge is 2.40. The minimum absolute atomic E-state index is 0.000890. The molecule has 1 aliphatic heterocycles. The van der Waals surface area contributed by atoms with E-state index >= 15 is 0 Å². The van der Waals surface area contributed by atoms with Crippen LogP contribution in [0.25, 0.3) is 11.0 Å². The van der Waals surface area contributed by atoms with Crippen molar-refractivity contribution in [2.24, 2.45) is 5.84 Å². The molecule has 3 N–H and O–H groups in total. The average Bonchev–Trinajstić information content (AvgIpc) is 2.98. The largest absolute Gasteiger partial charge is 0.456 e. The Morgan fingerprint density at radius 1 is 1.53 bits per heavy atom. The van der Waals surface area contributed by atoms with Crippen molar-refractivity contribution >= 4 is 22.7 Å². The van der Waals surface area contributed by atoms with E-state index in [4.69, 9.17) is 10.3 Å². The summed E-state index contributed by atoms with van der Waals surface area (Å²) in [5.74, 6) is 7.22. The molecule has 1 fully saturated rings. The molecule has 3 nitrogen and oxygen atoms in total. The number of furan rings is 1. The van der Waals surface area contributed by atoms with Crippen molar-refractivity contribution in [2.75, 3.05) is 5.75 Å². The summed E-state index contributed by atoms with van der Waals surface area (Å²) < 4.78 is 19.4. The van der Waals surface area contributed by atoms with Crippen molar-refractivity contribution in [2.45, 2.75) is 30.6 Å². The van der Waals surface area contributed by atoms with Crippen LogP contribution in [-0.4, -0.2) is 10.5 Å². The molecule has 1 aliphatic rings. The van der Waals surface area contributed by atoms with Gasteiger partial charge in [-0.05, 0) is 37.7 Å². The highest BCUT2D eigenvalue weighted by atomic mass is 32.2. The molecule has 2 aromatic rings. The predicted octanol–water partition coefficient (Wildman–Crippen LogP) is 3.36. The third kappa shape index (κ3) is 2.16. The quantitative estimate of drug-likeness (QED) is 0.668. The molecule has 0 amide bonds. The zero-order valence-electron chi connectivity index (χ0n) is 10.8. The van der Waals surface area contributed by atoms with Crippen LogP contribution < -0.4 is 11.3 Å². The number of nitrogens with two attached hydrogens (primary N) is 1. The minimum Gasteiger partial charge on any atom is -0.456 e. The van der Waals surface area contributed by atoms with Crippen LogP contribution in [0.3, 0.4) is 0 Å². The van der Waals surface area contributed by atoms with Crippen LogP contribution in [0.4, 0.5) is 4.39 Å². The second kappa shape index (κ2) is 4.81. The standard InChI is InChI=1S/C14H17FN2OS/c1-14(6-3-7-19-14)13(17-16)11-8-9-4-2-5-10(15)12(9)18-11/h2,4-5,8,13,17H,3,6-7,16H2,1H3. The highest BCUT2D eigenvalue weighted by molar-refractivity contribution is 8.00. The van der Waals surface area contributed by atoms with Crippen LogP contribution in [0.1, 0.15) is 31.6 Å². The Morgan fingerprint density at radius 3 is 3.00 bits per heavy atom. The lowest BCUT2D eigenvalue weighted by atomic mass is 9.94. The van der Waals surface area contributed by atoms with Crippen molar-refractivity contribution in [3.8, 4) is 0 Å². The van der Waals surface area contributed by atoms with Gasteiger partial charge < -0.3 is 4.42 Å². The normalized spacial score (nSPS) is 25.0. The molecule has 5 heteroatoms. The number of para-hydroxylation sites is 1. The molecule has 0 saturated carbocycles. The Kier molecular flexibility index (Phi) is 3.28. The van der Waals surface area contributed by atoms with Crippen LogP contribution in [0.5, 0.6) is 0 Å². The summed E-state index contributed by atoms with van der Waals surface area (Å²) in [6.07, 6.45) is 2.25. The topological polar surface area (TPSA) is 51.2 Å². The Labute approximate surface area is 115 Å². The minimum atomic E-state index is -0.330. The molecule has 0 aliphatic carbocycles. The summed E-state index contributed by atoms with van der Waals surface area (Å²) in [4.78, 5) is 0. The van der Waals surface area contributed by atoms with E-state index in [9.17, 15) is 4.39 Å². The van der Waals surface area contributed by atoms with Crippen molar-refractivity contribution in [3.63, 3.8) is 0 Å². The maximum absolute atomic E-state index is 13.7. The smallest absolute Gasteiger partial charge is 0.169 e. The summed E-state index contributed by atoms with van der Waals surface area (Å²) in [7, 11) is 0. The Morgan fingerprint density at radius 2 is 2.37 bits per heavy atom. The van der Waals surface area contributed by atoms with Crippen molar-refractivity contribution in [3.05, 3.63) is 35.8 Å². The number of halogens is 1. The van der Waals surface area contributed by atoms with Crippen LogP contribution in [0.15, 0.2) is 28.7 Å². The molecule has 0 spiro atoms. The van der Waals surface area contributed by atoms with Crippen LogP contribution in [0.2, 0.25) is 0 Å². The third-order valence-corrected chi connectivity index (χ3v) is 5.42. The zero-order chi connectivity index (χ0) is 13.5. The van der Waals surface area contributed by atoms with E-state index in [0.29, 0.717) is 11.3 Å². The van der Waals surface area contributed by atoms with Crippen molar-refractivity contribution in [1.82, 2.24) is 5.43 Å². The van der Waals surface area contributed by atoms with Crippen molar-refractivity contribution in [1.29, 1.82) is 0 Å². The molecule has 1 aromatic carbocycles. The molecule has 2 heterocycles. The zero-order valence-corrected chi connectivity index (χ0v) is 11.6. The van der Waals surface area contributed by atoms with Gasteiger partial charge in [0.05, 0.1) is 6.04 Å². The number of hydrogen-bond donors (Lipinski definition) is 2. The third-order valence-electron chi connectivity index (χ3n) is 3.83. The molecular formula is C14H17FN2OS. The molecule has 0 radical (unpaired) electrons. The Balaban J connectivity index is 2.04. The van der Waals surface area contributed by atoms with Crippen LogP contribution in [0, 0.1) is 5.82 Å². The Bertz CT molecular complexity index is 592. The van der Waals surface area contributed by atoms with E-state index in [1.165, 1.54) is 12.5 Å². The Hall–Kier alpha value is -1.04. The SMILES string of the molecule is CC1(C(NN)c2cc3cccc(F)c3o2)CCCS1. The lowest BCUT2D eigenvalue weighted by Crippen LogP contribution is -2.41. The second-order valence-corrected chi connectivity index (χ2v) is 6.80. The monoisotopic (exact) mass is 280 g/mol. The summed E-state index contributed by atoms with van der Waals surface area (Å²) >= 11 is 1.89. The maximum Gasteiger partial charge on any atom is 0.169 e. The van der Waals surface area contributed by atoms with Gasteiger partial charge in [-0.1, -0.05) is 12.1 Å². The fraction of sp³-hybridized carbons (Fsp3) is 0.429. The van der Waals surface area contributed by atoms with E-state index < -0.39 is 0 Å². The summed E-state index contributed by atoms with van der Waals surface area (Å²) in [6, 6.07) is 6.73. The molecule has 3 rings (SSSR count). The average molecular weight is 280 g/mol. The number of hydrogen-bond acceptors (Lipinski definition) is 4. The number of fused-ring (bicyclic) bond motifs is 1. The maximum atomic E-state index is 13.7. The molecule has 0 bridgehead atoms. The van der Waals surface area contributed by atoms with Gasteiger partial charge in [-0.25, -0.2) is 9.82 Å². The summed E-state index contributed by atoms with van der Waals surface area (Å²) in [6.45, 7) is 2.18. The second-order valence-electron chi connectivity index (χ2n) is 5.17. The first-order valence-electron chi connectivity index (χ1n) is 6.42. The molecular weight excluding hydrogens is 263 g/mol. The molecule has 1 aromatic heterocycles. The fourth-order valence-corrected chi connectivity index (χ4v) is 4.17. The van der Waals surface area contributed by atoms with Gasteiger partial charge in [0.1, 0.15) is 5.76 Å². The van der Waals surface area contributed by atoms with Gasteiger partial charge in [0.2, 0.25) is 0 Å². The molecule has 2 atom stereocenters. The molecule has 19 heavy (non-hydrogen) atoms. The van der Waals surface area contributed by atoms with E-state index in [1.54, 1.807) is 6.07 Å². The number of rotatable bonds is 3. The van der Waals surface area contributed by atoms with E-state index in [1.807, 2.05) is 23.9 Å². The predicted molar refractivity (Wildman–Crippen MR) is 76.3 cm³/mol. The van der Waals surface area contributed by atoms with Gasteiger partial charge >= 0.3 is 0 Å². The van der Waals surface area contributed by atoms with Gasteiger partial charge in [0.25, 0.3) is 0 Å². The molecule has 102 valence electrons. The van der Waals surface area contributed by atoms with Crippen LogP contribution >= 0.6 is 11.8 Å². The lowest BCUT2D eigenvalue weighted by Gasteiger charge is -2.31. The van der Waals surface area contributed by atoms with E-state index in [0.717, 1.165) is 17.6 Å². The van der Waals surface area contributed by atoms with Crippen LogP contribution in [-0.2, 0) is 0 Å². The first-order valence-corrected chi connectivity index (χ1v) is 7.41. The lowest BCUT2D eigenvalue weighted by molar-refractivity contribution is 0.357. The van der Waals surface area contributed by atoms with Crippen molar-refractivity contribution < 1.29 is 8.81 Å². The molecule has 2 unspecified atom stereocenters. The first-order chi connectivity index (χ1) is 9.14. The van der Waals surface area contributed by atoms with E-state index in [-0.39, 0.29) is 16.6 Å². The van der Waals surface area contributed by atoms with Gasteiger partial charge in [-0.3, -0.25) is 5.84 Å². The summed E-state index contributed by atoms with van der Waals surface area (Å²) in [5.41, 5.74) is 3.15. The highest BCUT2D eigenvalue weighted by Crippen LogP contribution is 2.47. The van der Waals surface area contributed by atoms with Gasteiger partial charge in [-0.2, -0.15) is 11.8 Å². The van der Waals surface area contributed by atoms with Gasteiger partial charge in [0.15, 0.2) is 11.4 Å². The van der Waals surface area contributed by atoms with E-state index in [2.05, 4.69) is 12.3 Å². The molecule has 1 saturated heterocycles.